The molecule has 3 atom stereocenters. The van der Waals surface area contributed by atoms with E-state index in [1.807, 2.05) is 128 Å². The number of aliphatic hydroxyl groups is 2. The number of hydrogen-bond acceptors (Lipinski definition) is 7. The van der Waals surface area contributed by atoms with Crippen LogP contribution in [-0.2, 0) is 28.3 Å². The molecule has 4 aromatic carbocycles. The summed E-state index contributed by atoms with van der Waals surface area (Å²) >= 11 is 0. The first-order valence-corrected chi connectivity index (χ1v) is 16.4. The Morgan fingerprint density at radius 1 is 0.918 bits per heavy atom. The maximum atomic E-state index is 14.0. The standard InChI is InChI=1S/C39H37N5O5/c1-27(11-9-10-22-42-24-33(40-41-42)31(25-45)29-12-3-2-4-13-29)39(48)32-14-5-6-15-34(32)43(38(39)47)23-28-18-20-30(21-19-28)44-35-16-7-8-17-36(35)49-26-37(44)46/h2-9,11-21,24,27,31,45,48H,10,22-23,25-26H2,1H3/b11-9+/t27-,31?,39+/m0/s1. The number of anilines is 3. The second-order valence-electron chi connectivity index (χ2n) is 12.4. The van der Waals surface area contributed by atoms with E-state index in [-0.39, 0.29) is 37.5 Å². The van der Waals surface area contributed by atoms with Crippen molar-refractivity contribution in [3.05, 3.63) is 144 Å². The molecule has 10 heteroatoms. The quantitative estimate of drug-likeness (QED) is 0.181. The number of carbonyl (C=O) groups is 2. The molecule has 7 rings (SSSR count). The van der Waals surface area contributed by atoms with Crippen molar-refractivity contribution in [2.75, 3.05) is 23.0 Å². The lowest BCUT2D eigenvalue weighted by Crippen LogP contribution is -2.44. The SMILES string of the molecule is C[C@@H](/C=C/CCn1cc(C(CO)c2ccccc2)nn1)[C@]1(O)C(=O)N(Cc2ccc(N3C(=O)COc4ccccc43)cc2)c2ccccc21. The van der Waals surface area contributed by atoms with Gasteiger partial charge >= 0.3 is 0 Å². The summed E-state index contributed by atoms with van der Waals surface area (Å²) in [6, 6.07) is 32.0. The molecule has 2 N–H and O–H groups in total. The van der Waals surface area contributed by atoms with Crippen LogP contribution in [0, 0.1) is 5.92 Å². The third kappa shape index (κ3) is 6.01. The van der Waals surface area contributed by atoms with Crippen LogP contribution in [0.2, 0.25) is 0 Å². The average Bonchev–Trinajstić information content (AvgIpc) is 3.69. The highest BCUT2D eigenvalue weighted by molar-refractivity contribution is 6.07. The van der Waals surface area contributed by atoms with Gasteiger partial charge in [-0.3, -0.25) is 19.2 Å². The van der Waals surface area contributed by atoms with Gasteiger partial charge in [0.15, 0.2) is 12.2 Å². The van der Waals surface area contributed by atoms with Gasteiger partial charge in [0.25, 0.3) is 11.8 Å². The van der Waals surface area contributed by atoms with Gasteiger partial charge in [0.2, 0.25) is 0 Å². The van der Waals surface area contributed by atoms with Crippen LogP contribution in [0.1, 0.15) is 41.6 Å². The third-order valence-electron chi connectivity index (χ3n) is 9.33. The molecule has 49 heavy (non-hydrogen) atoms. The number of amides is 2. The number of carbonyl (C=O) groups excluding carboxylic acids is 2. The van der Waals surface area contributed by atoms with Gasteiger partial charge in [0, 0.05) is 29.9 Å². The molecule has 2 amide bonds. The van der Waals surface area contributed by atoms with Crippen molar-refractivity contribution >= 4 is 28.9 Å². The summed E-state index contributed by atoms with van der Waals surface area (Å²) in [4.78, 5) is 30.1. The number of para-hydroxylation sites is 3. The Labute approximate surface area is 284 Å². The van der Waals surface area contributed by atoms with Gasteiger partial charge < -0.3 is 19.8 Å². The smallest absolute Gasteiger partial charge is 0.269 e. The lowest BCUT2D eigenvalue weighted by molar-refractivity contribution is -0.139. The van der Waals surface area contributed by atoms with E-state index >= 15 is 0 Å². The molecule has 2 aliphatic heterocycles. The number of allylic oxidation sites excluding steroid dienone is 1. The van der Waals surface area contributed by atoms with Crippen LogP contribution in [0.4, 0.5) is 17.1 Å². The number of nitrogens with zero attached hydrogens (tertiary/aromatic N) is 5. The Morgan fingerprint density at radius 3 is 2.41 bits per heavy atom. The van der Waals surface area contributed by atoms with Gasteiger partial charge in [-0.15, -0.1) is 5.10 Å². The number of benzene rings is 4. The van der Waals surface area contributed by atoms with Gasteiger partial charge in [-0.2, -0.15) is 0 Å². The molecule has 3 heterocycles. The van der Waals surface area contributed by atoms with E-state index in [2.05, 4.69) is 10.3 Å². The van der Waals surface area contributed by atoms with Crippen LogP contribution in [0.25, 0.3) is 0 Å². The highest BCUT2D eigenvalue weighted by Gasteiger charge is 2.52. The molecule has 1 unspecified atom stereocenters. The normalized spacial score (nSPS) is 18.3. The van der Waals surface area contributed by atoms with Crippen molar-refractivity contribution in [3.63, 3.8) is 0 Å². The Morgan fingerprint density at radius 2 is 1.63 bits per heavy atom. The number of rotatable bonds is 11. The minimum Gasteiger partial charge on any atom is -0.482 e. The molecule has 10 nitrogen and oxygen atoms in total. The molecule has 2 aliphatic rings. The summed E-state index contributed by atoms with van der Waals surface area (Å²) in [7, 11) is 0. The zero-order valence-electron chi connectivity index (χ0n) is 27.1. The van der Waals surface area contributed by atoms with E-state index in [0.717, 1.165) is 11.1 Å². The fourth-order valence-electron chi connectivity index (χ4n) is 6.66. The number of aryl methyl sites for hydroxylation is 1. The van der Waals surface area contributed by atoms with Crippen molar-refractivity contribution in [2.24, 2.45) is 5.92 Å². The number of hydrogen-bond donors (Lipinski definition) is 2. The zero-order chi connectivity index (χ0) is 34.0. The first-order chi connectivity index (χ1) is 23.9. The molecular formula is C39H37N5O5. The molecular weight excluding hydrogens is 618 g/mol. The molecule has 0 fully saturated rings. The van der Waals surface area contributed by atoms with E-state index in [9.17, 15) is 19.8 Å². The summed E-state index contributed by atoms with van der Waals surface area (Å²) < 4.78 is 7.32. The fourth-order valence-corrected chi connectivity index (χ4v) is 6.66. The molecule has 0 saturated carbocycles. The summed E-state index contributed by atoms with van der Waals surface area (Å²) in [5.74, 6) is -0.657. The lowest BCUT2D eigenvalue weighted by Gasteiger charge is -2.29. The third-order valence-corrected chi connectivity index (χ3v) is 9.33. The summed E-state index contributed by atoms with van der Waals surface area (Å²) in [5, 5.41) is 30.5. The number of ether oxygens (including phenoxy) is 1. The minimum atomic E-state index is -1.73. The van der Waals surface area contributed by atoms with Crippen molar-refractivity contribution in [2.45, 2.75) is 38.0 Å². The van der Waals surface area contributed by atoms with E-state index in [1.165, 1.54) is 0 Å². The Kier molecular flexibility index (Phi) is 8.81. The van der Waals surface area contributed by atoms with Crippen LogP contribution in [0.3, 0.4) is 0 Å². The van der Waals surface area contributed by atoms with E-state index in [1.54, 1.807) is 14.5 Å². The Bertz CT molecular complexity index is 1990. The van der Waals surface area contributed by atoms with Crippen LogP contribution in [-0.4, -0.2) is 50.2 Å². The number of aromatic nitrogens is 3. The van der Waals surface area contributed by atoms with Gasteiger partial charge in [0.1, 0.15) is 5.75 Å². The predicted molar refractivity (Wildman–Crippen MR) is 185 cm³/mol. The van der Waals surface area contributed by atoms with Gasteiger partial charge in [0.05, 0.1) is 36.1 Å². The molecule has 0 aliphatic carbocycles. The van der Waals surface area contributed by atoms with Crippen LogP contribution in [0.5, 0.6) is 5.75 Å². The minimum absolute atomic E-state index is 0.0375. The molecule has 5 aromatic rings. The monoisotopic (exact) mass is 655 g/mol. The second kappa shape index (κ2) is 13.5. The molecule has 1 aromatic heterocycles. The maximum Gasteiger partial charge on any atom is 0.269 e. The van der Waals surface area contributed by atoms with Crippen molar-refractivity contribution in [3.8, 4) is 5.75 Å². The average molecular weight is 656 g/mol. The van der Waals surface area contributed by atoms with Gasteiger partial charge in [-0.05, 0) is 47.9 Å². The maximum absolute atomic E-state index is 14.0. The van der Waals surface area contributed by atoms with Gasteiger partial charge in [-0.1, -0.05) is 97.1 Å². The molecule has 0 spiro atoms. The molecule has 0 bridgehead atoms. The van der Waals surface area contributed by atoms with Crippen molar-refractivity contribution in [1.29, 1.82) is 0 Å². The van der Waals surface area contributed by atoms with Crippen LogP contribution in [0.15, 0.2) is 121 Å². The first-order valence-electron chi connectivity index (χ1n) is 16.4. The Hall–Kier alpha value is -5.58. The zero-order valence-corrected chi connectivity index (χ0v) is 27.1. The van der Waals surface area contributed by atoms with E-state index < -0.39 is 11.5 Å². The summed E-state index contributed by atoms with van der Waals surface area (Å²) in [5.41, 5.74) is 3.43. The molecule has 248 valence electrons. The first kappa shape index (κ1) is 32.0. The summed E-state index contributed by atoms with van der Waals surface area (Å²) in [6.07, 6.45) is 6.29. The predicted octanol–water partition coefficient (Wildman–Crippen LogP) is 5.48. The van der Waals surface area contributed by atoms with Crippen LogP contribution < -0.4 is 14.5 Å². The van der Waals surface area contributed by atoms with Crippen molar-refractivity contribution in [1.82, 2.24) is 15.0 Å². The number of fused-ring (bicyclic) bond motifs is 2. The summed E-state index contributed by atoms with van der Waals surface area (Å²) in [6.45, 7) is 2.55. The highest BCUT2D eigenvalue weighted by atomic mass is 16.5. The largest absolute Gasteiger partial charge is 0.482 e. The topological polar surface area (TPSA) is 121 Å². The fraction of sp³-hybridized carbons (Fsp3) is 0.231. The Balaban J connectivity index is 1.03. The second-order valence-corrected chi connectivity index (χ2v) is 12.4. The molecule has 0 radical (unpaired) electrons. The number of aliphatic hydroxyl groups excluding tert-OH is 1. The van der Waals surface area contributed by atoms with E-state index in [0.29, 0.717) is 47.0 Å². The van der Waals surface area contributed by atoms with Crippen molar-refractivity contribution < 1.29 is 24.5 Å². The molecule has 0 saturated heterocycles. The lowest BCUT2D eigenvalue weighted by atomic mass is 9.83. The highest BCUT2D eigenvalue weighted by Crippen LogP contribution is 2.46. The van der Waals surface area contributed by atoms with Crippen LogP contribution >= 0.6 is 0 Å². The van der Waals surface area contributed by atoms with E-state index in [4.69, 9.17) is 4.74 Å². The van der Waals surface area contributed by atoms with Gasteiger partial charge in [-0.25, -0.2) is 0 Å².